The molecule has 0 amide bonds. The van der Waals surface area contributed by atoms with Crippen LogP contribution in [0.5, 0.6) is 0 Å². The number of halogens is 1. The molecule has 7 nitrogen and oxygen atoms in total. The predicted molar refractivity (Wildman–Crippen MR) is 129 cm³/mol. The Labute approximate surface area is 192 Å². The molecule has 0 saturated heterocycles. The zero-order chi connectivity index (χ0) is 20.0. The van der Waals surface area contributed by atoms with Crippen molar-refractivity contribution in [1.29, 1.82) is 0 Å². The number of guanidine groups is 1. The van der Waals surface area contributed by atoms with E-state index in [0.717, 1.165) is 55.9 Å². The number of hydrogen-bond donors (Lipinski definition) is 2. The van der Waals surface area contributed by atoms with Crippen molar-refractivity contribution in [1.82, 2.24) is 25.4 Å². The maximum Gasteiger partial charge on any atom is 0.191 e. The molecule has 0 aliphatic carbocycles. The van der Waals surface area contributed by atoms with Gasteiger partial charge in [-0.15, -0.1) is 34.2 Å². The lowest BCUT2D eigenvalue weighted by atomic mass is 10.0. The van der Waals surface area contributed by atoms with Crippen LogP contribution in [0, 0.1) is 5.92 Å². The van der Waals surface area contributed by atoms with Crippen molar-refractivity contribution in [3.05, 3.63) is 36.3 Å². The van der Waals surface area contributed by atoms with E-state index in [1.807, 2.05) is 12.1 Å². The van der Waals surface area contributed by atoms with Gasteiger partial charge in [0.15, 0.2) is 5.96 Å². The van der Waals surface area contributed by atoms with E-state index in [0.29, 0.717) is 6.54 Å². The molecule has 2 heterocycles. The molecule has 8 heteroatoms. The van der Waals surface area contributed by atoms with E-state index < -0.39 is 0 Å². The topological polar surface area (TPSA) is 80.3 Å². The molecule has 0 radical (unpaired) electrons. The maximum absolute atomic E-state index is 5.38. The molecule has 2 N–H and O–H groups in total. The number of aliphatic imine (C=N–C) groups is 1. The van der Waals surface area contributed by atoms with Crippen LogP contribution in [0.15, 0.2) is 34.1 Å². The van der Waals surface area contributed by atoms with Gasteiger partial charge in [0.2, 0.25) is 0 Å². The summed E-state index contributed by atoms with van der Waals surface area (Å²) in [6.07, 6.45) is 10.7. The van der Waals surface area contributed by atoms with E-state index >= 15 is 0 Å². The van der Waals surface area contributed by atoms with Crippen molar-refractivity contribution in [3.8, 4) is 0 Å². The molecule has 0 bridgehead atoms. The summed E-state index contributed by atoms with van der Waals surface area (Å²) in [4.78, 5) is 4.64. The number of unbranched alkanes of at least 4 members (excludes halogenated alkanes) is 3. The lowest BCUT2D eigenvalue weighted by molar-refractivity contribution is 0.510. The van der Waals surface area contributed by atoms with Crippen LogP contribution in [0.4, 0.5) is 0 Å². The van der Waals surface area contributed by atoms with Crippen LogP contribution in [0.3, 0.4) is 0 Å². The van der Waals surface area contributed by atoms with Gasteiger partial charge >= 0.3 is 0 Å². The molecular weight excluding hydrogens is 479 g/mol. The van der Waals surface area contributed by atoms with E-state index in [-0.39, 0.29) is 24.0 Å². The predicted octanol–water partition coefficient (Wildman–Crippen LogP) is 4.39. The summed E-state index contributed by atoms with van der Waals surface area (Å²) < 4.78 is 7.46. The van der Waals surface area contributed by atoms with Gasteiger partial charge < -0.3 is 19.6 Å². The lowest BCUT2D eigenvalue weighted by Crippen LogP contribution is -2.39. The summed E-state index contributed by atoms with van der Waals surface area (Å²) in [5, 5.41) is 15.0. The molecule has 2 rings (SSSR count). The van der Waals surface area contributed by atoms with Crippen LogP contribution >= 0.6 is 24.0 Å². The summed E-state index contributed by atoms with van der Waals surface area (Å²) in [7, 11) is 0. The van der Waals surface area contributed by atoms with Crippen LogP contribution in [0.2, 0.25) is 0 Å². The van der Waals surface area contributed by atoms with Crippen LogP contribution in [-0.2, 0) is 19.5 Å². The van der Waals surface area contributed by atoms with E-state index in [4.69, 9.17) is 4.42 Å². The number of aryl methyl sites for hydroxylation is 1. The molecule has 0 saturated carbocycles. The Morgan fingerprint density at radius 1 is 1.17 bits per heavy atom. The molecule has 0 aliphatic rings. The number of nitrogens with zero attached hydrogens (tertiary/aromatic N) is 4. The Kier molecular flexibility index (Phi) is 13.4. The average molecular weight is 516 g/mol. The lowest BCUT2D eigenvalue weighted by Gasteiger charge is -2.13. The summed E-state index contributed by atoms with van der Waals surface area (Å²) >= 11 is 0. The molecule has 0 spiro atoms. The summed E-state index contributed by atoms with van der Waals surface area (Å²) in [6.45, 7) is 9.71. The summed E-state index contributed by atoms with van der Waals surface area (Å²) in [6, 6.07) is 3.83. The standard InChI is InChI=1S/C21H36N6O.HI/c1-4-20-26-25-17-27(20)14-13-23-21(24-16-19-11-9-15-28-19)22-12-8-6-5-7-10-18(2)3;/h9,11,15,17-18H,4-8,10,12-14,16H2,1-3H3,(H2,22,23,24);1H. The number of aromatic nitrogens is 3. The number of rotatable bonds is 13. The van der Waals surface area contributed by atoms with Crippen molar-refractivity contribution in [2.24, 2.45) is 10.9 Å². The van der Waals surface area contributed by atoms with Crippen LogP contribution < -0.4 is 10.6 Å². The SMILES string of the molecule is CCc1nncn1CCNC(=NCc1ccco1)NCCCCCCC(C)C.I. The van der Waals surface area contributed by atoms with Gasteiger partial charge in [-0.05, 0) is 24.5 Å². The van der Waals surface area contributed by atoms with Gasteiger partial charge in [-0.1, -0.05) is 46.5 Å². The van der Waals surface area contributed by atoms with Gasteiger partial charge in [-0.25, -0.2) is 4.99 Å². The highest BCUT2D eigenvalue weighted by Gasteiger charge is 2.03. The Morgan fingerprint density at radius 2 is 1.97 bits per heavy atom. The Bertz CT molecular complexity index is 669. The Hall–Kier alpha value is -1.58. The Balaban J connectivity index is 0.00000420. The monoisotopic (exact) mass is 516 g/mol. The fourth-order valence-electron chi connectivity index (χ4n) is 3.01. The van der Waals surface area contributed by atoms with E-state index in [1.54, 1.807) is 12.6 Å². The highest BCUT2D eigenvalue weighted by Crippen LogP contribution is 2.09. The van der Waals surface area contributed by atoms with Gasteiger partial charge in [0.25, 0.3) is 0 Å². The zero-order valence-electron chi connectivity index (χ0n) is 18.1. The second-order valence-corrected chi connectivity index (χ2v) is 7.49. The van der Waals surface area contributed by atoms with Gasteiger partial charge in [0.1, 0.15) is 24.5 Å². The largest absolute Gasteiger partial charge is 0.467 e. The van der Waals surface area contributed by atoms with Crippen LogP contribution in [0.25, 0.3) is 0 Å². The zero-order valence-corrected chi connectivity index (χ0v) is 20.4. The second kappa shape index (κ2) is 15.3. The van der Waals surface area contributed by atoms with Crippen LogP contribution in [-0.4, -0.2) is 33.8 Å². The van der Waals surface area contributed by atoms with Crippen LogP contribution in [0.1, 0.15) is 64.5 Å². The number of furan rings is 1. The third kappa shape index (κ3) is 10.7. The van der Waals surface area contributed by atoms with Gasteiger partial charge in [-0.2, -0.15) is 0 Å². The first-order chi connectivity index (χ1) is 13.7. The molecule has 2 aromatic heterocycles. The average Bonchev–Trinajstić information content (AvgIpc) is 3.36. The first-order valence-electron chi connectivity index (χ1n) is 10.6. The van der Waals surface area contributed by atoms with Gasteiger partial charge in [-0.3, -0.25) is 0 Å². The minimum absolute atomic E-state index is 0. The third-order valence-electron chi connectivity index (χ3n) is 4.63. The highest BCUT2D eigenvalue weighted by molar-refractivity contribution is 14.0. The molecule has 0 fully saturated rings. The first kappa shape index (κ1) is 25.5. The normalized spacial score (nSPS) is 11.5. The molecular formula is C21H37IN6O. The first-order valence-corrected chi connectivity index (χ1v) is 10.6. The van der Waals surface area contributed by atoms with Crippen molar-refractivity contribution in [3.63, 3.8) is 0 Å². The van der Waals surface area contributed by atoms with Crippen molar-refractivity contribution >= 4 is 29.9 Å². The molecule has 29 heavy (non-hydrogen) atoms. The quantitative estimate of drug-likeness (QED) is 0.179. The summed E-state index contributed by atoms with van der Waals surface area (Å²) in [5.74, 6) is 3.50. The van der Waals surface area contributed by atoms with E-state index in [1.165, 1.54) is 25.7 Å². The third-order valence-corrected chi connectivity index (χ3v) is 4.63. The van der Waals surface area contributed by atoms with E-state index in [2.05, 4.69) is 51.2 Å². The smallest absolute Gasteiger partial charge is 0.191 e. The molecule has 2 aromatic rings. The molecule has 0 unspecified atom stereocenters. The molecule has 0 atom stereocenters. The maximum atomic E-state index is 5.38. The van der Waals surface area contributed by atoms with Crippen molar-refractivity contribution < 1.29 is 4.42 Å². The number of nitrogens with one attached hydrogen (secondary N) is 2. The van der Waals surface area contributed by atoms with Gasteiger partial charge in [0, 0.05) is 26.1 Å². The minimum atomic E-state index is 0. The van der Waals surface area contributed by atoms with Crippen molar-refractivity contribution in [2.45, 2.75) is 72.4 Å². The fraction of sp³-hybridized carbons (Fsp3) is 0.667. The van der Waals surface area contributed by atoms with Crippen molar-refractivity contribution in [2.75, 3.05) is 13.1 Å². The fourth-order valence-corrected chi connectivity index (χ4v) is 3.01. The summed E-state index contributed by atoms with van der Waals surface area (Å²) in [5.41, 5.74) is 0. The molecule has 0 aromatic carbocycles. The highest BCUT2D eigenvalue weighted by atomic mass is 127. The molecule has 164 valence electrons. The molecule has 0 aliphatic heterocycles. The Morgan fingerprint density at radius 3 is 2.69 bits per heavy atom. The van der Waals surface area contributed by atoms with E-state index in [9.17, 15) is 0 Å². The second-order valence-electron chi connectivity index (χ2n) is 7.49. The number of hydrogen-bond acceptors (Lipinski definition) is 4. The minimum Gasteiger partial charge on any atom is -0.467 e. The van der Waals surface area contributed by atoms with Gasteiger partial charge in [0.05, 0.1) is 6.26 Å².